The number of anilines is 1. The van der Waals surface area contributed by atoms with Crippen LogP contribution in [0.4, 0.5) is 9.52 Å². The molecule has 1 aromatic carbocycles. The summed E-state index contributed by atoms with van der Waals surface area (Å²) in [5.41, 5.74) is 0.947. The zero-order valence-corrected chi connectivity index (χ0v) is 16.5. The van der Waals surface area contributed by atoms with Gasteiger partial charge in [0.2, 0.25) is 11.0 Å². The first-order chi connectivity index (χ1) is 13.6. The Morgan fingerprint density at radius 2 is 2.11 bits per heavy atom. The Bertz CT molecular complexity index is 865. The molecule has 8 heteroatoms. The van der Waals surface area contributed by atoms with Gasteiger partial charge in [0.15, 0.2) is 0 Å². The third-order valence-electron chi connectivity index (χ3n) is 4.11. The number of nitrogens with one attached hydrogen (secondary N) is 1. The fourth-order valence-electron chi connectivity index (χ4n) is 2.65. The molecule has 0 fully saturated rings. The van der Waals surface area contributed by atoms with Gasteiger partial charge in [0, 0.05) is 37.5 Å². The highest BCUT2D eigenvalue weighted by atomic mass is 32.1. The monoisotopic (exact) mass is 402 g/mol. The van der Waals surface area contributed by atoms with Crippen LogP contribution in [-0.4, -0.2) is 28.4 Å². The number of carbonyl (C=O) groups is 1. The molecule has 0 aliphatic carbocycles. The summed E-state index contributed by atoms with van der Waals surface area (Å²) in [6.07, 6.45) is 3.43. The van der Waals surface area contributed by atoms with Crippen LogP contribution in [0.25, 0.3) is 0 Å². The molecule has 0 aliphatic rings. The standard InChI is InChI=1S/C20H23FN4O2S/c1-2-10-22-19(26)9-11-25(14-17-4-3-12-27-17)20-23-18(24-28-20)13-15-5-7-16(21)8-6-15/h3-8,12H,2,9-11,13-14H2,1H3,(H,22,26). The van der Waals surface area contributed by atoms with Gasteiger partial charge in [-0.2, -0.15) is 4.37 Å². The molecule has 0 radical (unpaired) electrons. The molecule has 1 amide bonds. The van der Waals surface area contributed by atoms with E-state index in [0.29, 0.717) is 38.3 Å². The maximum atomic E-state index is 13.1. The predicted molar refractivity (Wildman–Crippen MR) is 107 cm³/mol. The van der Waals surface area contributed by atoms with Crippen molar-refractivity contribution in [3.05, 3.63) is 65.6 Å². The van der Waals surface area contributed by atoms with E-state index in [-0.39, 0.29) is 11.7 Å². The molecule has 28 heavy (non-hydrogen) atoms. The molecule has 0 bridgehead atoms. The summed E-state index contributed by atoms with van der Waals surface area (Å²) in [6, 6.07) is 10.1. The minimum atomic E-state index is -0.262. The molecule has 3 aromatic rings. The Morgan fingerprint density at radius 1 is 1.29 bits per heavy atom. The van der Waals surface area contributed by atoms with Crippen LogP contribution in [0.5, 0.6) is 0 Å². The van der Waals surface area contributed by atoms with Crippen molar-refractivity contribution in [3.8, 4) is 0 Å². The Morgan fingerprint density at radius 3 is 2.82 bits per heavy atom. The molecule has 0 saturated heterocycles. The summed E-state index contributed by atoms with van der Waals surface area (Å²) < 4.78 is 22.9. The van der Waals surface area contributed by atoms with E-state index < -0.39 is 0 Å². The molecule has 2 aromatic heterocycles. The number of amides is 1. The fourth-order valence-corrected chi connectivity index (χ4v) is 3.36. The van der Waals surface area contributed by atoms with Gasteiger partial charge >= 0.3 is 0 Å². The first kappa shape index (κ1) is 20.0. The number of hydrogen-bond acceptors (Lipinski definition) is 6. The highest BCUT2D eigenvalue weighted by molar-refractivity contribution is 7.09. The molecule has 6 nitrogen and oxygen atoms in total. The molecule has 0 saturated carbocycles. The topological polar surface area (TPSA) is 71.3 Å². The SMILES string of the molecule is CCCNC(=O)CCN(Cc1ccco1)c1nc(Cc2ccc(F)cc2)ns1. The third-order valence-corrected chi connectivity index (χ3v) is 4.93. The van der Waals surface area contributed by atoms with Gasteiger partial charge in [-0.15, -0.1) is 0 Å². The van der Waals surface area contributed by atoms with Crippen LogP contribution in [0.1, 0.15) is 36.9 Å². The van der Waals surface area contributed by atoms with E-state index in [2.05, 4.69) is 14.7 Å². The summed E-state index contributed by atoms with van der Waals surface area (Å²) in [5, 5.41) is 3.62. The average Bonchev–Trinajstić information content (AvgIpc) is 3.37. The number of furan rings is 1. The maximum absolute atomic E-state index is 13.1. The van der Waals surface area contributed by atoms with E-state index in [1.54, 1.807) is 18.4 Å². The molecule has 0 aliphatic heterocycles. The van der Waals surface area contributed by atoms with Crippen LogP contribution < -0.4 is 10.2 Å². The van der Waals surface area contributed by atoms with Crippen molar-refractivity contribution in [1.82, 2.24) is 14.7 Å². The Labute approximate surface area is 167 Å². The van der Waals surface area contributed by atoms with Gasteiger partial charge in [-0.1, -0.05) is 19.1 Å². The Kier molecular flexibility index (Phi) is 7.13. The predicted octanol–water partition coefficient (Wildman–Crippen LogP) is 3.78. The lowest BCUT2D eigenvalue weighted by molar-refractivity contribution is -0.120. The van der Waals surface area contributed by atoms with Gasteiger partial charge in [-0.25, -0.2) is 9.37 Å². The van der Waals surface area contributed by atoms with E-state index in [9.17, 15) is 9.18 Å². The average molecular weight is 402 g/mol. The van der Waals surface area contributed by atoms with E-state index in [4.69, 9.17) is 4.42 Å². The lowest BCUT2D eigenvalue weighted by Gasteiger charge is -2.19. The number of benzene rings is 1. The minimum Gasteiger partial charge on any atom is -0.467 e. The van der Waals surface area contributed by atoms with E-state index in [0.717, 1.165) is 22.9 Å². The molecule has 0 atom stereocenters. The van der Waals surface area contributed by atoms with Crippen molar-refractivity contribution in [2.45, 2.75) is 32.7 Å². The Hall–Kier alpha value is -2.74. The summed E-state index contributed by atoms with van der Waals surface area (Å²) in [5.74, 6) is 1.22. The largest absolute Gasteiger partial charge is 0.467 e. The highest BCUT2D eigenvalue weighted by Crippen LogP contribution is 2.22. The number of rotatable bonds is 10. The van der Waals surface area contributed by atoms with Crippen molar-refractivity contribution >= 4 is 22.6 Å². The molecular weight excluding hydrogens is 379 g/mol. The second kappa shape index (κ2) is 9.98. The van der Waals surface area contributed by atoms with Crippen molar-refractivity contribution in [1.29, 1.82) is 0 Å². The number of nitrogens with zero attached hydrogens (tertiary/aromatic N) is 3. The zero-order chi connectivity index (χ0) is 19.8. The van der Waals surface area contributed by atoms with Gasteiger partial charge in [-0.3, -0.25) is 4.79 Å². The Balaban J connectivity index is 1.67. The molecule has 148 valence electrons. The molecule has 3 rings (SSSR count). The number of carbonyl (C=O) groups excluding carboxylic acids is 1. The molecule has 1 N–H and O–H groups in total. The van der Waals surface area contributed by atoms with Gasteiger partial charge in [-0.05, 0) is 36.2 Å². The summed E-state index contributed by atoms with van der Waals surface area (Å²) in [7, 11) is 0. The first-order valence-electron chi connectivity index (χ1n) is 9.25. The lowest BCUT2D eigenvalue weighted by atomic mass is 10.1. The second-order valence-electron chi connectivity index (χ2n) is 6.40. The van der Waals surface area contributed by atoms with Crippen LogP contribution in [0.3, 0.4) is 0 Å². The van der Waals surface area contributed by atoms with Gasteiger partial charge in [0.05, 0.1) is 12.8 Å². The van der Waals surface area contributed by atoms with Crippen LogP contribution in [0, 0.1) is 5.82 Å². The molecular formula is C20H23FN4O2S. The van der Waals surface area contributed by atoms with Gasteiger partial charge in [0.25, 0.3) is 0 Å². The normalized spacial score (nSPS) is 10.8. The molecule has 0 unspecified atom stereocenters. The van der Waals surface area contributed by atoms with Crippen LogP contribution in [0.2, 0.25) is 0 Å². The lowest BCUT2D eigenvalue weighted by Crippen LogP contribution is -2.31. The third kappa shape index (κ3) is 5.88. The first-order valence-corrected chi connectivity index (χ1v) is 10.0. The number of aromatic nitrogens is 2. The number of halogens is 1. The maximum Gasteiger partial charge on any atom is 0.221 e. The van der Waals surface area contributed by atoms with Crippen LogP contribution >= 0.6 is 11.5 Å². The zero-order valence-electron chi connectivity index (χ0n) is 15.7. The fraction of sp³-hybridized carbons (Fsp3) is 0.350. The van der Waals surface area contributed by atoms with Gasteiger partial charge < -0.3 is 14.6 Å². The van der Waals surface area contributed by atoms with Crippen LogP contribution in [-0.2, 0) is 17.8 Å². The second-order valence-corrected chi connectivity index (χ2v) is 7.13. The summed E-state index contributed by atoms with van der Waals surface area (Å²) >= 11 is 1.29. The van der Waals surface area contributed by atoms with Crippen LogP contribution in [0.15, 0.2) is 47.1 Å². The molecule has 2 heterocycles. The number of hydrogen-bond donors (Lipinski definition) is 1. The van der Waals surface area contributed by atoms with E-state index >= 15 is 0 Å². The van der Waals surface area contributed by atoms with Crippen molar-refractivity contribution in [2.24, 2.45) is 0 Å². The van der Waals surface area contributed by atoms with Crippen molar-refractivity contribution in [2.75, 3.05) is 18.0 Å². The van der Waals surface area contributed by atoms with E-state index in [1.807, 2.05) is 24.0 Å². The minimum absolute atomic E-state index is 0.0161. The van der Waals surface area contributed by atoms with E-state index in [1.165, 1.54) is 23.7 Å². The van der Waals surface area contributed by atoms with Crippen molar-refractivity contribution < 1.29 is 13.6 Å². The smallest absolute Gasteiger partial charge is 0.221 e. The quantitative estimate of drug-likeness (QED) is 0.559. The highest BCUT2D eigenvalue weighted by Gasteiger charge is 2.16. The van der Waals surface area contributed by atoms with Crippen molar-refractivity contribution in [3.63, 3.8) is 0 Å². The van der Waals surface area contributed by atoms with Gasteiger partial charge in [0.1, 0.15) is 17.4 Å². The summed E-state index contributed by atoms with van der Waals surface area (Å²) in [4.78, 5) is 18.6. The summed E-state index contributed by atoms with van der Waals surface area (Å²) in [6.45, 7) is 3.73. The molecule has 0 spiro atoms.